The summed E-state index contributed by atoms with van der Waals surface area (Å²) in [6.07, 6.45) is 9.53. The van der Waals surface area contributed by atoms with Crippen molar-refractivity contribution in [1.82, 2.24) is 0 Å². The fourth-order valence-corrected chi connectivity index (χ4v) is 5.26. The molecule has 0 heterocycles. The molecule has 0 aromatic heterocycles. The Morgan fingerprint density at radius 2 is 1.78 bits per heavy atom. The van der Waals surface area contributed by atoms with Crippen molar-refractivity contribution in [2.45, 2.75) is 51.9 Å². The lowest BCUT2D eigenvalue weighted by Gasteiger charge is -2.54. The van der Waals surface area contributed by atoms with E-state index in [1.165, 1.54) is 44.9 Å². The molecule has 0 saturated heterocycles. The van der Waals surface area contributed by atoms with E-state index in [1.807, 2.05) is 0 Å². The number of rotatable bonds is 2. The first-order chi connectivity index (χ1) is 8.68. The molecule has 6 atom stereocenters. The third-order valence-electron chi connectivity index (χ3n) is 6.73. The zero-order valence-corrected chi connectivity index (χ0v) is 11.8. The number of nitrogens with two attached hydrogens (primary N) is 1. The average Bonchev–Trinajstić information content (AvgIpc) is 2.38. The van der Waals surface area contributed by atoms with Gasteiger partial charge in [0.1, 0.15) is 0 Å². The van der Waals surface area contributed by atoms with Gasteiger partial charge in [0.15, 0.2) is 0 Å². The fraction of sp³-hybridized carbons (Fsp3) is 1.00. The third kappa shape index (κ3) is 1.92. The molecule has 18 heavy (non-hydrogen) atoms. The Kier molecular flexibility index (Phi) is 3.44. The Balaban J connectivity index is 1.69. The molecule has 3 aliphatic carbocycles. The van der Waals surface area contributed by atoms with E-state index in [2.05, 4.69) is 6.92 Å². The van der Waals surface area contributed by atoms with Crippen LogP contribution in [-0.2, 0) is 0 Å². The van der Waals surface area contributed by atoms with Gasteiger partial charge in [-0.15, -0.1) is 0 Å². The number of aliphatic hydroxyl groups is 1. The van der Waals surface area contributed by atoms with Gasteiger partial charge >= 0.3 is 0 Å². The molecule has 0 aromatic carbocycles. The molecule has 0 amide bonds. The van der Waals surface area contributed by atoms with Crippen LogP contribution >= 0.6 is 0 Å². The second-order valence-corrected chi connectivity index (χ2v) is 7.53. The number of hydrogen-bond donors (Lipinski definition) is 2. The molecule has 3 N–H and O–H groups in total. The predicted octanol–water partition coefficient (Wildman–Crippen LogP) is 2.80. The average molecular weight is 251 g/mol. The Morgan fingerprint density at radius 3 is 2.39 bits per heavy atom. The van der Waals surface area contributed by atoms with Gasteiger partial charge in [0.25, 0.3) is 0 Å². The fourth-order valence-electron chi connectivity index (χ4n) is 5.26. The Morgan fingerprint density at radius 1 is 1.06 bits per heavy atom. The van der Waals surface area contributed by atoms with E-state index in [0.29, 0.717) is 17.9 Å². The summed E-state index contributed by atoms with van der Waals surface area (Å²) in [7, 11) is 0. The molecule has 3 saturated carbocycles. The van der Waals surface area contributed by atoms with Gasteiger partial charge in [-0.1, -0.05) is 6.92 Å². The standard InChI is InChI=1S/C16H29NO/c1-16(10-17)8-12-2-3-13(9-18)14-6-4-11(14)5-7-15(12)16/h11-15,18H,2-10,17H2,1H3/t11?,12?,13?,14?,15?,16-/m0/s1. The maximum atomic E-state index is 9.62. The minimum atomic E-state index is 0.423. The van der Waals surface area contributed by atoms with Crippen molar-refractivity contribution in [2.75, 3.05) is 13.2 Å². The quantitative estimate of drug-likeness (QED) is 0.792. The largest absolute Gasteiger partial charge is 0.396 e. The van der Waals surface area contributed by atoms with E-state index in [9.17, 15) is 5.11 Å². The molecule has 104 valence electrons. The van der Waals surface area contributed by atoms with Gasteiger partial charge in [0.2, 0.25) is 0 Å². The molecule has 2 nitrogen and oxygen atoms in total. The van der Waals surface area contributed by atoms with Crippen molar-refractivity contribution < 1.29 is 5.11 Å². The monoisotopic (exact) mass is 251 g/mol. The number of hydrogen-bond acceptors (Lipinski definition) is 2. The smallest absolute Gasteiger partial charge is 0.0462 e. The second kappa shape index (κ2) is 4.79. The van der Waals surface area contributed by atoms with E-state index >= 15 is 0 Å². The Hall–Kier alpha value is -0.0800. The molecule has 0 aromatic rings. The maximum Gasteiger partial charge on any atom is 0.0462 e. The van der Waals surface area contributed by atoms with E-state index in [1.54, 1.807) is 0 Å². The summed E-state index contributed by atoms with van der Waals surface area (Å²) in [5, 5.41) is 9.62. The van der Waals surface area contributed by atoms with Crippen LogP contribution in [0.15, 0.2) is 0 Å². The molecule has 0 bridgehead atoms. The highest BCUT2D eigenvalue weighted by Gasteiger charge is 2.50. The van der Waals surface area contributed by atoms with Gasteiger partial charge in [-0.3, -0.25) is 0 Å². The molecular weight excluding hydrogens is 222 g/mol. The lowest BCUT2D eigenvalue weighted by Crippen LogP contribution is -2.50. The second-order valence-electron chi connectivity index (χ2n) is 7.53. The summed E-state index contributed by atoms with van der Waals surface area (Å²) in [4.78, 5) is 0. The minimum absolute atomic E-state index is 0.423. The minimum Gasteiger partial charge on any atom is -0.396 e. The van der Waals surface area contributed by atoms with E-state index in [0.717, 1.165) is 30.2 Å². The first-order valence-corrected chi connectivity index (χ1v) is 7.99. The first kappa shape index (κ1) is 12.9. The third-order valence-corrected chi connectivity index (χ3v) is 6.73. The molecule has 3 fully saturated rings. The van der Waals surface area contributed by atoms with E-state index in [-0.39, 0.29) is 0 Å². The van der Waals surface area contributed by atoms with Crippen LogP contribution in [0.5, 0.6) is 0 Å². The molecule has 0 aliphatic heterocycles. The summed E-state index contributed by atoms with van der Waals surface area (Å²) in [5.74, 6) is 4.15. The zero-order chi connectivity index (χ0) is 12.8. The molecular formula is C16H29NO. The van der Waals surface area contributed by atoms with Crippen molar-refractivity contribution in [3.63, 3.8) is 0 Å². The van der Waals surface area contributed by atoms with Crippen molar-refractivity contribution >= 4 is 0 Å². The van der Waals surface area contributed by atoms with Crippen LogP contribution < -0.4 is 5.73 Å². The number of fused-ring (bicyclic) bond motifs is 2. The highest BCUT2D eigenvalue weighted by Crippen LogP contribution is 2.57. The molecule has 5 unspecified atom stereocenters. The highest BCUT2D eigenvalue weighted by molar-refractivity contribution is 5.01. The number of aliphatic hydroxyl groups excluding tert-OH is 1. The van der Waals surface area contributed by atoms with Gasteiger partial charge < -0.3 is 10.8 Å². The lowest BCUT2D eigenvalue weighted by molar-refractivity contribution is -0.0338. The van der Waals surface area contributed by atoms with Gasteiger partial charge in [0.05, 0.1) is 0 Å². The zero-order valence-electron chi connectivity index (χ0n) is 11.8. The molecule has 0 spiro atoms. The normalized spacial score (nSPS) is 51.8. The predicted molar refractivity (Wildman–Crippen MR) is 74.0 cm³/mol. The van der Waals surface area contributed by atoms with Crippen LogP contribution in [0.3, 0.4) is 0 Å². The molecule has 2 heteroatoms. The summed E-state index contributed by atoms with van der Waals surface area (Å²) in [6, 6.07) is 0. The van der Waals surface area contributed by atoms with Crippen LogP contribution in [0.25, 0.3) is 0 Å². The SMILES string of the molecule is C[C@@]1(CN)CC2CCC(CO)C3CCC3CCC21. The Labute approximate surface area is 111 Å². The molecule has 3 aliphatic rings. The Bertz CT molecular complexity index is 305. The van der Waals surface area contributed by atoms with Gasteiger partial charge in [0, 0.05) is 6.61 Å². The van der Waals surface area contributed by atoms with Crippen molar-refractivity contribution in [2.24, 2.45) is 40.7 Å². The van der Waals surface area contributed by atoms with Crippen LogP contribution in [0.2, 0.25) is 0 Å². The first-order valence-electron chi connectivity index (χ1n) is 7.99. The van der Waals surface area contributed by atoms with Gasteiger partial charge in [-0.25, -0.2) is 0 Å². The summed E-state index contributed by atoms with van der Waals surface area (Å²) in [5.41, 5.74) is 6.43. The van der Waals surface area contributed by atoms with Gasteiger partial charge in [-0.2, -0.15) is 0 Å². The topological polar surface area (TPSA) is 46.2 Å². The van der Waals surface area contributed by atoms with Crippen LogP contribution in [-0.4, -0.2) is 18.3 Å². The van der Waals surface area contributed by atoms with Gasteiger partial charge in [-0.05, 0) is 86.5 Å². The lowest BCUT2D eigenvalue weighted by atomic mass is 9.52. The van der Waals surface area contributed by atoms with Crippen molar-refractivity contribution in [3.05, 3.63) is 0 Å². The van der Waals surface area contributed by atoms with Crippen molar-refractivity contribution in [3.8, 4) is 0 Å². The van der Waals surface area contributed by atoms with Crippen LogP contribution in [0.4, 0.5) is 0 Å². The van der Waals surface area contributed by atoms with Crippen LogP contribution in [0.1, 0.15) is 51.9 Å². The summed E-state index contributed by atoms with van der Waals surface area (Å²) < 4.78 is 0. The van der Waals surface area contributed by atoms with Crippen LogP contribution in [0, 0.1) is 35.0 Å². The van der Waals surface area contributed by atoms with Crippen molar-refractivity contribution in [1.29, 1.82) is 0 Å². The summed E-state index contributed by atoms with van der Waals surface area (Å²) >= 11 is 0. The van der Waals surface area contributed by atoms with E-state index < -0.39 is 0 Å². The maximum absolute atomic E-state index is 9.62. The van der Waals surface area contributed by atoms with E-state index in [4.69, 9.17) is 5.73 Å². The molecule has 0 radical (unpaired) electrons. The molecule has 3 rings (SSSR count). The highest BCUT2D eigenvalue weighted by atomic mass is 16.3. The summed E-state index contributed by atoms with van der Waals surface area (Å²) in [6.45, 7) is 3.69.